The third-order valence-electron chi connectivity index (χ3n) is 3.65. The van der Waals surface area contributed by atoms with Crippen LogP contribution in [0.15, 0.2) is 36.8 Å². The first kappa shape index (κ1) is 20.6. The van der Waals surface area contributed by atoms with Gasteiger partial charge in [-0.3, -0.25) is 4.98 Å². The third-order valence-corrected chi connectivity index (χ3v) is 3.65. The number of hydrogen-bond acceptors (Lipinski definition) is 7. The molecule has 8 nitrogen and oxygen atoms in total. The molecule has 0 aromatic carbocycles. The van der Waals surface area contributed by atoms with Gasteiger partial charge in [0, 0.05) is 31.2 Å². The standard InChI is InChI=1S/C19H27N5O3/c1-18(2,3)27-17(25)24(23(6)16-20-10-7-11-21-16)13-15-9-8-14(12-22-15)19(4,5)26/h7-12,26H,13H2,1-6H3. The van der Waals surface area contributed by atoms with Crippen LogP contribution in [0.4, 0.5) is 10.7 Å². The summed E-state index contributed by atoms with van der Waals surface area (Å²) in [6.45, 7) is 8.96. The Labute approximate surface area is 159 Å². The van der Waals surface area contributed by atoms with Crippen molar-refractivity contribution in [1.29, 1.82) is 0 Å². The predicted molar refractivity (Wildman–Crippen MR) is 102 cm³/mol. The average molecular weight is 373 g/mol. The quantitative estimate of drug-likeness (QED) is 0.806. The normalized spacial score (nSPS) is 11.8. The van der Waals surface area contributed by atoms with Crippen LogP contribution in [0.1, 0.15) is 45.9 Å². The zero-order chi connectivity index (χ0) is 20.2. The van der Waals surface area contributed by atoms with Gasteiger partial charge >= 0.3 is 6.09 Å². The van der Waals surface area contributed by atoms with Crippen molar-refractivity contribution in [2.45, 2.75) is 52.4 Å². The number of carbonyl (C=O) groups excluding carboxylic acids is 1. The molecule has 2 aromatic heterocycles. The maximum Gasteiger partial charge on any atom is 0.429 e. The van der Waals surface area contributed by atoms with Crippen LogP contribution in [0.2, 0.25) is 0 Å². The molecule has 0 unspecified atom stereocenters. The summed E-state index contributed by atoms with van der Waals surface area (Å²) in [6.07, 6.45) is 4.26. The molecule has 146 valence electrons. The summed E-state index contributed by atoms with van der Waals surface area (Å²) in [7, 11) is 1.68. The first-order valence-electron chi connectivity index (χ1n) is 8.66. The lowest BCUT2D eigenvalue weighted by Gasteiger charge is -2.33. The highest BCUT2D eigenvalue weighted by Gasteiger charge is 2.27. The highest BCUT2D eigenvalue weighted by Crippen LogP contribution is 2.20. The molecule has 2 heterocycles. The molecule has 1 amide bonds. The SMILES string of the molecule is CN(c1ncccn1)N(Cc1ccc(C(C)(C)O)cn1)C(=O)OC(C)(C)C. The van der Waals surface area contributed by atoms with Crippen molar-refractivity contribution in [2.24, 2.45) is 0 Å². The summed E-state index contributed by atoms with van der Waals surface area (Å²) in [5.41, 5.74) is -0.303. The molecule has 0 aliphatic carbocycles. The number of amides is 1. The molecule has 0 aliphatic rings. The Kier molecular flexibility index (Phi) is 6.00. The van der Waals surface area contributed by atoms with Crippen molar-refractivity contribution in [2.75, 3.05) is 12.1 Å². The third kappa shape index (κ3) is 5.89. The maximum atomic E-state index is 12.7. The summed E-state index contributed by atoms with van der Waals surface area (Å²) in [6, 6.07) is 5.26. The van der Waals surface area contributed by atoms with Crippen molar-refractivity contribution in [3.05, 3.63) is 48.0 Å². The first-order valence-corrected chi connectivity index (χ1v) is 8.66. The fourth-order valence-electron chi connectivity index (χ4n) is 2.21. The van der Waals surface area contributed by atoms with Crippen molar-refractivity contribution in [3.63, 3.8) is 0 Å². The number of hydrazine groups is 1. The lowest BCUT2D eigenvalue weighted by molar-refractivity contribution is 0.0213. The number of carbonyl (C=O) groups is 1. The van der Waals surface area contributed by atoms with Crippen LogP contribution in [0.5, 0.6) is 0 Å². The molecule has 1 N–H and O–H groups in total. The zero-order valence-electron chi connectivity index (χ0n) is 16.7. The summed E-state index contributed by atoms with van der Waals surface area (Å²) in [4.78, 5) is 25.5. The van der Waals surface area contributed by atoms with Gasteiger partial charge in [-0.25, -0.2) is 24.8 Å². The minimum atomic E-state index is -0.981. The number of aliphatic hydroxyl groups is 1. The number of rotatable bonds is 5. The summed E-state index contributed by atoms with van der Waals surface area (Å²) < 4.78 is 5.51. The summed E-state index contributed by atoms with van der Waals surface area (Å²) in [5, 5.41) is 13.0. The summed E-state index contributed by atoms with van der Waals surface area (Å²) in [5.74, 6) is 0.358. The van der Waals surface area contributed by atoms with Gasteiger partial charge in [0.1, 0.15) is 5.60 Å². The zero-order valence-corrected chi connectivity index (χ0v) is 16.7. The van der Waals surface area contributed by atoms with E-state index >= 15 is 0 Å². The van der Waals surface area contributed by atoms with Crippen molar-refractivity contribution < 1.29 is 14.6 Å². The molecule has 0 aliphatic heterocycles. The molecule has 2 rings (SSSR count). The van der Waals surface area contributed by atoms with E-state index in [4.69, 9.17) is 4.74 Å². The highest BCUT2D eigenvalue weighted by molar-refractivity contribution is 5.70. The van der Waals surface area contributed by atoms with Crippen LogP contribution in [-0.2, 0) is 16.9 Å². The molecule has 0 fully saturated rings. The van der Waals surface area contributed by atoms with E-state index in [0.717, 1.165) is 0 Å². The van der Waals surface area contributed by atoms with Crippen LogP contribution >= 0.6 is 0 Å². The first-order chi connectivity index (χ1) is 12.5. The number of ether oxygens (including phenoxy) is 1. The topological polar surface area (TPSA) is 91.7 Å². The Morgan fingerprint density at radius 1 is 1.11 bits per heavy atom. The molecule has 0 bridgehead atoms. The van der Waals surface area contributed by atoms with Crippen LogP contribution in [0.25, 0.3) is 0 Å². The molecule has 0 saturated heterocycles. The van der Waals surface area contributed by atoms with Crippen LogP contribution in [0, 0.1) is 0 Å². The van der Waals surface area contributed by atoms with Crippen LogP contribution in [0.3, 0.4) is 0 Å². The molecule has 0 spiro atoms. The maximum absolute atomic E-state index is 12.7. The molecule has 27 heavy (non-hydrogen) atoms. The van der Waals surface area contributed by atoms with E-state index in [-0.39, 0.29) is 6.54 Å². The number of hydrogen-bond donors (Lipinski definition) is 1. The Morgan fingerprint density at radius 3 is 2.22 bits per heavy atom. The second kappa shape index (κ2) is 7.87. The van der Waals surface area contributed by atoms with Gasteiger partial charge in [0.05, 0.1) is 17.8 Å². The second-order valence-corrected chi connectivity index (χ2v) is 7.71. The average Bonchev–Trinajstić information content (AvgIpc) is 2.58. The smallest absolute Gasteiger partial charge is 0.429 e. The van der Waals surface area contributed by atoms with Gasteiger partial charge in [-0.15, -0.1) is 0 Å². The molecule has 0 radical (unpaired) electrons. The van der Waals surface area contributed by atoms with E-state index in [2.05, 4.69) is 15.0 Å². The van der Waals surface area contributed by atoms with Crippen molar-refractivity contribution in [3.8, 4) is 0 Å². The van der Waals surface area contributed by atoms with Gasteiger partial charge in [-0.1, -0.05) is 6.07 Å². The Morgan fingerprint density at radius 2 is 1.74 bits per heavy atom. The lowest BCUT2D eigenvalue weighted by atomic mass is 10.0. The predicted octanol–water partition coefficient (Wildman–Crippen LogP) is 2.89. The largest absolute Gasteiger partial charge is 0.442 e. The Hall–Kier alpha value is -2.74. The van der Waals surface area contributed by atoms with Gasteiger partial charge in [0.25, 0.3) is 0 Å². The van der Waals surface area contributed by atoms with Crippen LogP contribution in [-0.4, -0.2) is 43.8 Å². The molecule has 8 heteroatoms. The Bertz CT molecular complexity index is 752. The highest BCUT2D eigenvalue weighted by atomic mass is 16.6. The second-order valence-electron chi connectivity index (χ2n) is 7.71. The van der Waals surface area contributed by atoms with Crippen LogP contribution < -0.4 is 5.01 Å². The number of aromatic nitrogens is 3. The van der Waals surface area contributed by atoms with Gasteiger partial charge in [-0.05, 0) is 46.8 Å². The van der Waals surface area contributed by atoms with E-state index < -0.39 is 17.3 Å². The molecular weight excluding hydrogens is 346 g/mol. The van der Waals surface area contributed by atoms with Gasteiger partial charge in [0.2, 0.25) is 5.95 Å². The van der Waals surface area contributed by atoms with E-state index in [1.165, 1.54) is 10.0 Å². The fraction of sp³-hybridized carbons (Fsp3) is 0.474. The molecule has 0 atom stereocenters. The fourth-order valence-corrected chi connectivity index (χ4v) is 2.21. The van der Waals surface area contributed by atoms with E-state index in [9.17, 15) is 9.90 Å². The van der Waals surface area contributed by atoms with E-state index in [1.54, 1.807) is 78.5 Å². The number of pyridine rings is 1. The number of nitrogens with zero attached hydrogens (tertiary/aromatic N) is 5. The molecular formula is C19H27N5O3. The van der Waals surface area contributed by atoms with E-state index in [1.807, 2.05) is 0 Å². The lowest BCUT2D eigenvalue weighted by Crippen LogP contribution is -2.47. The van der Waals surface area contributed by atoms with Gasteiger partial charge in [0.15, 0.2) is 0 Å². The minimum Gasteiger partial charge on any atom is -0.442 e. The van der Waals surface area contributed by atoms with Gasteiger partial charge in [-0.2, -0.15) is 0 Å². The minimum absolute atomic E-state index is 0.163. The number of anilines is 1. The molecule has 0 saturated carbocycles. The van der Waals surface area contributed by atoms with Crippen molar-refractivity contribution in [1.82, 2.24) is 20.0 Å². The summed E-state index contributed by atoms with van der Waals surface area (Å²) >= 11 is 0. The monoisotopic (exact) mass is 373 g/mol. The Balaban J connectivity index is 2.28. The van der Waals surface area contributed by atoms with Crippen molar-refractivity contribution >= 4 is 12.0 Å². The molecule has 2 aromatic rings. The van der Waals surface area contributed by atoms with E-state index in [0.29, 0.717) is 17.2 Å². The van der Waals surface area contributed by atoms with Gasteiger partial charge < -0.3 is 9.84 Å².